The molecule has 0 spiro atoms. The highest BCUT2D eigenvalue weighted by atomic mass is 32.2. The zero-order valence-electron chi connectivity index (χ0n) is 13.5. The molecule has 2 rings (SSSR count). The van der Waals surface area contributed by atoms with E-state index in [1.165, 1.54) is 53.3 Å². The smallest absolute Gasteiger partial charge is 0.298 e. The summed E-state index contributed by atoms with van der Waals surface area (Å²) in [5.74, 6) is -0.783. The Balaban J connectivity index is 2.17. The second-order valence-corrected chi connectivity index (χ2v) is 6.87. The number of carbonyl (C=O) groups excluding carboxylic acids is 1. The van der Waals surface area contributed by atoms with Crippen LogP contribution in [-0.2, 0) is 14.8 Å². The Labute approximate surface area is 152 Å². The molecule has 0 radical (unpaired) electrons. The first-order chi connectivity index (χ1) is 12.6. The van der Waals surface area contributed by atoms with Crippen LogP contribution in [0.15, 0.2) is 59.5 Å². The topological polar surface area (TPSA) is 108 Å². The van der Waals surface area contributed by atoms with Crippen molar-refractivity contribution in [2.45, 2.75) is 11.2 Å². The summed E-state index contributed by atoms with van der Waals surface area (Å²) in [4.78, 5) is 10.8. The van der Waals surface area contributed by atoms with Gasteiger partial charge in [-0.15, -0.1) is 0 Å². The van der Waals surface area contributed by atoms with Crippen LogP contribution in [-0.4, -0.2) is 25.8 Å². The maximum atomic E-state index is 12.4. The van der Waals surface area contributed by atoms with E-state index in [9.17, 15) is 26.4 Å². The Morgan fingerprint density at radius 3 is 2.26 bits per heavy atom. The molecular weight excluding hydrogens is 387 g/mol. The lowest BCUT2D eigenvalue weighted by molar-refractivity contribution is -0.124. The number of benzene rings is 2. The van der Waals surface area contributed by atoms with Crippen molar-refractivity contribution < 1.29 is 31.6 Å². The van der Waals surface area contributed by atoms with Crippen molar-refractivity contribution in [2.75, 3.05) is 10.0 Å². The van der Waals surface area contributed by atoms with E-state index in [1.54, 1.807) is 0 Å². The minimum atomic E-state index is -4.60. The number of carbonyl (C=O) groups is 1. The number of hydroxylamine groups is 1. The van der Waals surface area contributed by atoms with Gasteiger partial charge in [-0.25, -0.2) is 13.9 Å². The molecule has 0 aliphatic rings. The van der Waals surface area contributed by atoms with Crippen LogP contribution in [0.3, 0.4) is 0 Å². The molecule has 0 heterocycles. The molecule has 0 unspecified atom stereocenters. The van der Waals surface area contributed by atoms with Crippen molar-refractivity contribution in [1.29, 1.82) is 0 Å². The molecule has 0 atom stereocenters. The van der Waals surface area contributed by atoms with Gasteiger partial charge in [-0.1, -0.05) is 12.1 Å². The number of sulfonamides is 1. The van der Waals surface area contributed by atoms with E-state index in [1.807, 2.05) is 0 Å². The quantitative estimate of drug-likeness (QED) is 0.258. The van der Waals surface area contributed by atoms with Crippen LogP contribution in [0.25, 0.3) is 6.08 Å². The van der Waals surface area contributed by atoms with Crippen LogP contribution in [0.1, 0.15) is 5.56 Å². The normalized spacial score (nSPS) is 12.0. The number of amides is 1. The lowest BCUT2D eigenvalue weighted by atomic mass is 10.2. The maximum absolute atomic E-state index is 12.4. The summed E-state index contributed by atoms with van der Waals surface area (Å²) >= 11 is 0. The van der Waals surface area contributed by atoms with E-state index >= 15 is 0 Å². The molecule has 0 bridgehead atoms. The first-order valence-electron chi connectivity index (χ1n) is 7.29. The number of rotatable bonds is 6. The highest BCUT2D eigenvalue weighted by molar-refractivity contribution is 7.92. The van der Waals surface area contributed by atoms with Gasteiger partial charge in [-0.3, -0.25) is 20.0 Å². The molecule has 0 saturated carbocycles. The molecule has 0 fully saturated rings. The van der Waals surface area contributed by atoms with Gasteiger partial charge in [0.2, 0.25) is 0 Å². The molecule has 2 aromatic rings. The molecule has 0 aromatic heterocycles. The summed E-state index contributed by atoms with van der Waals surface area (Å²) in [6.45, 7) is 0. The van der Waals surface area contributed by atoms with Gasteiger partial charge in [0.15, 0.2) is 0 Å². The fraction of sp³-hybridized carbons (Fsp3) is 0.0625. The van der Waals surface area contributed by atoms with E-state index in [0.29, 0.717) is 5.56 Å². The van der Waals surface area contributed by atoms with E-state index < -0.39 is 22.2 Å². The molecule has 144 valence electrons. The van der Waals surface area contributed by atoms with E-state index in [0.717, 1.165) is 18.2 Å². The predicted octanol–water partition coefficient (Wildman–Crippen LogP) is 2.94. The number of alkyl halides is 3. The Morgan fingerprint density at radius 2 is 1.67 bits per heavy atom. The van der Waals surface area contributed by atoms with Crippen LogP contribution in [0, 0.1) is 0 Å². The van der Waals surface area contributed by atoms with Crippen molar-refractivity contribution in [2.24, 2.45) is 0 Å². The number of hydrogen-bond acceptors (Lipinski definition) is 5. The molecule has 2 aromatic carbocycles. The summed E-state index contributed by atoms with van der Waals surface area (Å²) in [7, 11) is -4.00. The van der Waals surface area contributed by atoms with Crippen LogP contribution in [0.4, 0.5) is 24.5 Å². The zero-order chi connectivity index (χ0) is 20.1. The van der Waals surface area contributed by atoms with Gasteiger partial charge in [-0.05, 0) is 48.0 Å². The maximum Gasteiger partial charge on any atom is 0.482 e. The number of hydrogen-bond donors (Lipinski definition) is 4. The predicted molar refractivity (Wildman–Crippen MR) is 92.3 cm³/mol. The van der Waals surface area contributed by atoms with Crippen molar-refractivity contribution >= 4 is 33.4 Å². The number of nitrogens with one attached hydrogen (secondary N) is 3. The molecule has 0 saturated heterocycles. The largest absolute Gasteiger partial charge is 0.482 e. The van der Waals surface area contributed by atoms with Gasteiger partial charge in [0, 0.05) is 17.5 Å². The summed E-state index contributed by atoms with van der Waals surface area (Å²) in [5, 5.41) is 9.72. The van der Waals surface area contributed by atoms with Crippen molar-refractivity contribution in [3.8, 4) is 0 Å². The third-order valence-electron chi connectivity index (χ3n) is 3.13. The van der Waals surface area contributed by atoms with Gasteiger partial charge in [-0.2, -0.15) is 13.2 Å². The minimum absolute atomic E-state index is 0.0725. The highest BCUT2D eigenvalue weighted by Crippen LogP contribution is 2.23. The number of halogens is 3. The first kappa shape index (κ1) is 20.3. The summed E-state index contributed by atoms with van der Waals surface area (Å²) < 4.78 is 63.8. The molecule has 1 amide bonds. The lowest BCUT2D eigenvalue weighted by Gasteiger charge is -2.12. The zero-order valence-corrected chi connectivity index (χ0v) is 14.3. The van der Waals surface area contributed by atoms with Gasteiger partial charge in [0.25, 0.3) is 15.9 Å². The lowest BCUT2D eigenvalue weighted by Crippen LogP contribution is -2.20. The molecule has 0 aliphatic carbocycles. The van der Waals surface area contributed by atoms with E-state index in [2.05, 4.69) is 4.72 Å². The SMILES string of the molecule is O=C(/C=C/c1cccc(S(=O)(=O)Nc2ccc(NC(F)(F)F)cc2)c1)NO. The first-order valence-corrected chi connectivity index (χ1v) is 8.77. The Bertz CT molecular complexity index is 942. The van der Waals surface area contributed by atoms with Crippen molar-refractivity contribution in [1.82, 2.24) is 5.48 Å². The third kappa shape index (κ3) is 6.31. The number of anilines is 2. The second-order valence-electron chi connectivity index (χ2n) is 5.19. The fourth-order valence-electron chi connectivity index (χ4n) is 1.99. The standard InChI is InChI=1S/C16H14F3N3O4S/c17-16(18,19)20-12-5-7-13(8-6-12)22-27(25,26)14-3-1-2-11(10-14)4-9-15(23)21-24/h1-10,20,22,24H,(H,21,23)/b9-4+. The summed E-state index contributed by atoms with van der Waals surface area (Å²) in [6, 6.07) is 10.1. The minimum Gasteiger partial charge on any atom is -0.298 e. The van der Waals surface area contributed by atoms with E-state index in [4.69, 9.17) is 5.21 Å². The fourth-order valence-corrected chi connectivity index (χ4v) is 3.11. The highest BCUT2D eigenvalue weighted by Gasteiger charge is 2.26. The molecule has 11 heteroatoms. The van der Waals surface area contributed by atoms with Crippen LogP contribution in [0.5, 0.6) is 0 Å². The van der Waals surface area contributed by atoms with Crippen LogP contribution >= 0.6 is 0 Å². The van der Waals surface area contributed by atoms with Gasteiger partial charge in [0.1, 0.15) is 0 Å². The average molecular weight is 401 g/mol. The Hall–Kier alpha value is -3.05. The molecule has 7 nitrogen and oxygen atoms in total. The molecular formula is C16H14F3N3O4S. The molecule has 27 heavy (non-hydrogen) atoms. The Kier molecular flexibility index (Phi) is 6.08. The molecule has 0 aliphatic heterocycles. The van der Waals surface area contributed by atoms with Crippen molar-refractivity contribution in [3.05, 3.63) is 60.2 Å². The van der Waals surface area contributed by atoms with Crippen molar-refractivity contribution in [3.63, 3.8) is 0 Å². The molecule has 4 N–H and O–H groups in total. The monoisotopic (exact) mass is 401 g/mol. The van der Waals surface area contributed by atoms with Gasteiger partial charge >= 0.3 is 6.30 Å². The summed E-state index contributed by atoms with van der Waals surface area (Å²) in [5.41, 5.74) is 1.62. The van der Waals surface area contributed by atoms with Crippen LogP contribution in [0.2, 0.25) is 0 Å². The average Bonchev–Trinajstić information content (AvgIpc) is 2.60. The van der Waals surface area contributed by atoms with Gasteiger partial charge in [0.05, 0.1) is 4.90 Å². The van der Waals surface area contributed by atoms with E-state index in [-0.39, 0.29) is 16.3 Å². The van der Waals surface area contributed by atoms with Gasteiger partial charge < -0.3 is 0 Å². The van der Waals surface area contributed by atoms with Crippen LogP contribution < -0.4 is 15.5 Å². The third-order valence-corrected chi connectivity index (χ3v) is 4.51. The summed E-state index contributed by atoms with van der Waals surface area (Å²) in [6.07, 6.45) is -2.30. The second kappa shape index (κ2) is 8.10. The Morgan fingerprint density at radius 1 is 1.04 bits per heavy atom.